The van der Waals surface area contributed by atoms with Gasteiger partial charge in [-0.2, -0.15) is 5.10 Å². The molecule has 6 nitrogen and oxygen atoms in total. The van der Waals surface area contributed by atoms with Crippen molar-refractivity contribution in [1.82, 2.24) is 15.2 Å². The summed E-state index contributed by atoms with van der Waals surface area (Å²) in [5, 5.41) is 13.2. The third-order valence-electron chi connectivity index (χ3n) is 3.33. The van der Waals surface area contributed by atoms with E-state index in [1.54, 1.807) is 18.6 Å². The van der Waals surface area contributed by atoms with E-state index in [2.05, 4.69) is 25.8 Å². The SMILES string of the molecule is CC(=O)Nc1cccc(NCc2cn[nH]c2-c2cccnc2)c1. The Morgan fingerprint density at radius 2 is 2.04 bits per heavy atom. The average Bonchev–Trinajstić information content (AvgIpc) is 3.02. The fourth-order valence-electron chi connectivity index (χ4n) is 2.31. The second-order valence-corrected chi connectivity index (χ2v) is 5.13. The lowest BCUT2D eigenvalue weighted by molar-refractivity contribution is -0.114. The van der Waals surface area contributed by atoms with Crippen LogP contribution < -0.4 is 10.6 Å². The van der Waals surface area contributed by atoms with Crippen LogP contribution in [-0.2, 0) is 11.3 Å². The molecule has 0 aliphatic heterocycles. The van der Waals surface area contributed by atoms with Gasteiger partial charge in [-0.25, -0.2) is 0 Å². The van der Waals surface area contributed by atoms with Crippen molar-refractivity contribution in [1.29, 1.82) is 0 Å². The predicted octanol–water partition coefficient (Wildman–Crippen LogP) is 3.04. The predicted molar refractivity (Wildman–Crippen MR) is 89.9 cm³/mol. The van der Waals surface area contributed by atoms with Crippen molar-refractivity contribution < 1.29 is 4.79 Å². The number of benzene rings is 1. The van der Waals surface area contributed by atoms with E-state index >= 15 is 0 Å². The number of nitrogens with one attached hydrogen (secondary N) is 3. The van der Waals surface area contributed by atoms with E-state index in [4.69, 9.17) is 0 Å². The Bertz CT molecular complexity index is 798. The summed E-state index contributed by atoms with van der Waals surface area (Å²) in [5.41, 5.74) is 4.68. The molecule has 6 heteroatoms. The standard InChI is InChI=1S/C17H17N5O/c1-12(23)21-16-6-2-5-15(8-16)19-10-14-11-20-22-17(14)13-4-3-7-18-9-13/h2-9,11,19H,10H2,1H3,(H,20,22)(H,21,23). The molecule has 116 valence electrons. The molecular weight excluding hydrogens is 290 g/mol. The Morgan fingerprint density at radius 1 is 1.17 bits per heavy atom. The van der Waals surface area contributed by atoms with Gasteiger partial charge in [0.25, 0.3) is 0 Å². The summed E-state index contributed by atoms with van der Waals surface area (Å²) < 4.78 is 0. The van der Waals surface area contributed by atoms with Gasteiger partial charge in [0.1, 0.15) is 0 Å². The van der Waals surface area contributed by atoms with Crippen molar-refractivity contribution in [2.24, 2.45) is 0 Å². The fourth-order valence-corrected chi connectivity index (χ4v) is 2.31. The van der Waals surface area contributed by atoms with E-state index in [0.29, 0.717) is 6.54 Å². The molecule has 0 atom stereocenters. The molecular formula is C17H17N5O. The number of hydrogen-bond donors (Lipinski definition) is 3. The highest BCUT2D eigenvalue weighted by molar-refractivity contribution is 5.89. The number of aromatic nitrogens is 3. The zero-order chi connectivity index (χ0) is 16.1. The van der Waals surface area contributed by atoms with Crippen LogP contribution in [0.1, 0.15) is 12.5 Å². The van der Waals surface area contributed by atoms with Crippen LogP contribution in [0.5, 0.6) is 0 Å². The highest BCUT2D eigenvalue weighted by Gasteiger charge is 2.07. The molecule has 0 radical (unpaired) electrons. The second kappa shape index (κ2) is 6.74. The summed E-state index contributed by atoms with van der Waals surface area (Å²) in [6.45, 7) is 2.11. The number of carbonyl (C=O) groups excluding carboxylic acids is 1. The number of nitrogens with zero attached hydrogens (tertiary/aromatic N) is 2. The van der Waals surface area contributed by atoms with E-state index in [9.17, 15) is 4.79 Å². The zero-order valence-corrected chi connectivity index (χ0v) is 12.7. The summed E-state index contributed by atoms with van der Waals surface area (Å²) in [6, 6.07) is 11.5. The van der Waals surface area contributed by atoms with Gasteiger partial charge in [0.15, 0.2) is 0 Å². The summed E-state index contributed by atoms with van der Waals surface area (Å²) in [4.78, 5) is 15.3. The van der Waals surface area contributed by atoms with Crippen LogP contribution >= 0.6 is 0 Å². The molecule has 23 heavy (non-hydrogen) atoms. The molecule has 0 aliphatic rings. The summed E-state index contributed by atoms with van der Waals surface area (Å²) in [6.07, 6.45) is 5.34. The second-order valence-electron chi connectivity index (χ2n) is 5.13. The minimum absolute atomic E-state index is 0.0872. The van der Waals surface area contributed by atoms with Crippen LogP contribution in [0.2, 0.25) is 0 Å². The molecule has 0 bridgehead atoms. The Labute approximate surface area is 134 Å². The Morgan fingerprint density at radius 3 is 2.83 bits per heavy atom. The first kappa shape index (κ1) is 14.8. The Kier molecular flexibility index (Phi) is 4.33. The minimum Gasteiger partial charge on any atom is -0.381 e. The van der Waals surface area contributed by atoms with Crippen molar-refractivity contribution in [2.75, 3.05) is 10.6 Å². The van der Waals surface area contributed by atoms with E-state index in [1.807, 2.05) is 36.4 Å². The smallest absolute Gasteiger partial charge is 0.221 e. The van der Waals surface area contributed by atoms with Crippen molar-refractivity contribution >= 4 is 17.3 Å². The first-order valence-corrected chi connectivity index (χ1v) is 7.26. The van der Waals surface area contributed by atoms with Crippen LogP contribution in [0.4, 0.5) is 11.4 Å². The molecule has 3 rings (SSSR count). The maximum Gasteiger partial charge on any atom is 0.221 e. The monoisotopic (exact) mass is 307 g/mol. The number of aromatic amines is 1. The summed E-state index contributed by atoms with van der Waals surface area (Å²) >= 11 is 0. The van der Waals surface area contributed by atoms with Crippen molar-refractivity contribution in [3.05, 3.63) is 60.6 Å². The molecule has 0 spiro atoms. The van der Waals surface area contributed by atoms with E-state index < -0.39 is 0 Å². The average molecular weight is 307 g/mol. The van der Waals surface area contributed by atoms with Crippen LogP contribution in [0.15, 0.2) is 55.0 Å². The molecule has 0 aliphatic carbocycles. The zero-order valence-electron chi connectivity index (χ0n) is 12.7. The van der Waals surface area contributed by atoms with Crippen LogP contribution in [-0.4, -0.2) is 21.1 Å². The molecule has 0 fully saturated rings. The van der Waals surface area contributed by atoms with Gasteiger partial charge < -0.3 is 10.6 Å². The van der Waals surface area contributed by atoms with Crippen molar-refractivity contribution in [3.8, 4) is 11.3 Å². The van der Waals surface area contributed by atoms with E-state index in [-0.39, 0.29) is 5.91 Å². The first-order chi connectivity index (χ1) is 11.2. The lowest BCUT2D eigenvalue weighted by Gasteiger charge is -2.09. The molecule has 2 heterocycles. The maximum absolute atomic E-state index is 11.1. The molecule has 0 saturated heterocycles. The van der Waals surface area contributed by atoms with Crippen LogP contribution in [0.3, 0.4) is 0 Å². The summed E-state index contributed by atoms with van der Waals surface area (Å²) in [5.74, 6) is -0.0872. The fraction of sp³-hybridized carbons (Fsp3) is 0.118. The Balaban J connectivity index is 1.72. The molecule has 3 N–H and O–H groups in total. The third kappa shape index (κ3) is 3.74. The third-order valence-corrected chi connectivity index (χ3v) is 3.33. The van der Waals surface area contributed by atoms with Gasteiger partial charge in [-0.3, -0.25) is 14.9 Å². The van der Waals surface area contributed by atoms with Gasteiger partial charge in [0.2, 0.25) is 5.91 Å². The van der Waals surface area contributed by atoms with Gasteiger partial charge in [-0.1, -0.05) is 6.07 Å². The lowest BCUT2D eigenvalue weighted by atomic mass is 10.1. The number of carbonyl (C=O) groups is 1. The largest absolute Gasteiger partial charge is 0.381 e. The molecule has 2 aromatic heterocycles. The highest BCUT2D eigenvalue weighted by atomic mass is 16.1. The molecule has 1 amide bonds. The quantitative estimate of drug-likeness (QED) is 0.676. The van der Waals surface area contributed by atoms with Gasteiger partial charge in [-0.15, -0.1) is 0 Å². The van der Waals surface area contributed by atoms with E-state index in [1.165, 1.54) is 6.92 Å². The van der Waals surface area contributed by atoms with Gasteiger partial charge >= 0.3 is 0 Å². The highest BCUT2D eigenvalue weighted by Crippen LogP contribution is 2.21. The lowest BCUT2D eigenvalue weighted by Crippen LogP contribution is -2.06. The van der Waals surface area contributed by atoms with Crippen molar-refractivity contribution in [3.63, 3.8) is 0 Å². The first-order valence-electron chi connectivity index (χ1n) is 7.26. The molecule has 0 unspecified atom stereocenters. The van der Waals surface area contributed by atoms with Crippen molar-refractivity contribution in [2.45, 2.75) is 13.5 Å². The molecule has 0 saturated carbocycles. The minimum atomic E-state index is -0.0872. The van der Waals surface area contributed by atoms with Gasteiger partial charge in [0.05, 0.1) is 11.9 Å². The topological polar surface area (TPSA) is 82.7 Å². The number of H-pyrrole nitrogens is 1. The van der Waals surface area contributed by atoms with E-state index in [0.717, 1.165) is 28.2 Å². The number of anilines is 2. The summed E-state index contributed by atoms with van der Waals surface area (Å²) in [7, 11) is 0. The van der Waals surface area contributed by atoms with Gasteiger partial charge in [0, 0.05) is 48.4 Å². The number of hydrogen-bond acceptors (Lipinski definition) is 4. The number of rotatable bonds is 5. The molecule has 1 aromatic carbocycles. The number of amides is 1. The van der Waals surface area contributed by atoms with Crippen LogP contribution in [0, 0.1) is 0 Å². The normalized spacial score (nSPS) is 10.3. The van der Waals surface area contributed by atoms with Crippen LogP contribution in [0.25, 0.3) is 11.3 Å². The number of pyridine rings is 1. The van der Waals surface area contributed by atoms with Gasteiger partial charge in [-0.05, 0) is 30.3 Å². The Hall–Kier alpha value is -3.15. The molecule has 3 aromatic rings. The maximum atomic E-state index is 11.1.